The van der Waals surface area contributed by atoms with E-state index in [1.165, 1.54) is 38.5 Å². The third kappa shape index (κ3) is 3.42. The van der Waals surface area contributed by atoms with Crippen molar-refractivity contribution in [2.75, 3.05) is 7.05 Å². The van der Waals surface area contributed by atoms with Crippen LogP contribution in [0.3, 0.4) is 0 Å². The van der Waals surface area contributed by atoms with E-state index < -0.39 is 5.72 Å². The lowest BCUT2D eigenvalue weighted by molar-refractivity contribution is -0.220. The van der Waals surface area contributed by atoms with E-state index in [0.29, 0.717) is 24.8 Å². The Bertz CT molecular complexity index is 1140. The van der Waals surface area contributed by atoms with Gasteiger partial charge in [0.25, 0.3) is 0 Å². The van der Waals surface area contributed by atoms with E-state index in [9.17, 15) is 0 Å². The fraction of sp³-hybridized carbons (Fsp3) is 0.500. The third-order valence-corrected chi connectivity index (χ3v) is 8.47. The predicted octanol–water partition coefficient (Wildman–Crippen LogP) is 5.41. The van der Waals surface area contributed by atoms with Crippen molar-refractivity contribution in [3.63, 3.8) is 0 Å². The molecule has 2 saturated carbocycles. The Morgan fingerprint density at radius 1 is 1.12 bits per heavy atom. The van der Waals surface area contributed by atoms with Gasteiger partial charge in [0.05, 0.1) is 12.1 Å². The van der Waals surface area contributed by atoms with Crippen LogP contribution < -0.4 is 10.5 Å². The lowest BCUT2D eigenvalue weighted by Crippen LogP contribution is -2.57. The van der Waals surface area contributed by atoms with Gasteiger partial charge < -0.3 is 10.5 Å². The van der Waals surface area contributed by atoms with Crippen molar-refractivity contribution in [1.29, 1.82) is 0 Å². The monoisotopic (exact) mass is 458 g/mol. The van der Waals surface area contributed by atoms with Crippen molar-refractivity contribution >= 4 is 12.7 Å². The zero-order valence-corrected chi connectivity index (χ0v) is 20.0. The molecule has 2 aromatic rings. The number of ether oxygens (including phenoxy) is 1. The zero-order valence-electron chi connectivity index (χ0n) is 20.0. The molecule has 2 aliphatic carbocycles. The van der Waals surface area contributed by atoms with Crippen LogP contribution in [0.25, 0.3) is 11.1 Å². The Morgan fingerprint density at radius 3 is 2.76 bits per heavy atom. The number of nitrogens with two attached hydrogens (primary N) is 1. The number of fused-ring (bicyclic) bond motifs is 4. The van der Waals surface area contributed by atoms with Crippen LogP contribution in [0.5, 0.6) is 5.75 Å². The normalized spacial score (nSPS) is 32.1. The van der Waals surface area contributed by atoms with Gasteiger partial charge in [-0.2, -0.15) is 0 Å². The van der Waals surface area contributed by atoms with E-state index in [0.717, 1.165) is 40.3 Å². The summed E-state index contributed by atoms with van der Waals surface area (Å²) in [6.45, 7) is 4.24. The molecule has 2 aromatic carbocycles. The largest absolute Gasteiger partial charge is 0.486 e. The summed E-state index contributed by atoms with van der Waals surface area (Å²) in [5, 5.41) is 1.62. The standard InChI is InChI=1S/C28H34N4O2/c1-30-17-19-7-5-9-21(15-19)22-12-13-25-24(16-22)28(31-26(29)32(2)34-28)18-27(33-25)14-6-10-20-8-3-4-11-23(20)27/h5,7,9,12-13,15-16,20,23H,1,3-4,6,8,10-11,14,17-18H2,2H3,(H2,29,31)/t20?,23?,27-,28?/m1/s1. The van der Waals surface area contributed by atoms with Crippen molar-refractivity contribution in [1.82, 2.24) is 5.06 Å². The second-order valence-electron chi connectivity index (χ2n) is 10.5. The molecule has 6 nitrogen and oxygen atoms in total. The minimum absolute atomic E-state index is 0.248. The van der Waals surface area contributed by atoms with Crippen molar-refractivity contribution in [2.24, 2.45) is 27.6 Å². The summed E-state index contributed by atoms with van der Waals surface area (Å²) in [7, 11) is 1.84. The highest BCUT2D eigenvalue weighted by Crippen LogP contribution is 2.58. The molecule has 2 fully saturated rings. The molecule has 0 radical (unpaired) electrons. The molecule has 6 rings (SSSR count). The predicted molar refractivity (Wildman–Crippen MR) is 135 cm³/mol. The average Bonchev–Trinajstić information content (AvgIpc) is 3.12. The highest BCUT2D eigenvalue weighted by atomic mass is 16.7. The summed E-state index contributed by atoms with van der Waals surface area (Å²) in [6.07, 6.45) is 9.45. The topological polar surface area (TPSA) is 72.4 Å². The van der Waals surface area contributed by atoms with E-state index >= 15 is 0 Å². The third-order valence-electron chi connectivity index (χ3n) is 8.47. The Hall–Kier alpha value is -2.86. The van der Waals surface area contributed by atoms with Crippen molar-refractivity contribution in [2.45, 2.75) is 69.2 Å². The maximum atomic E-state index is 7.01. The van der Waals surface area contributed by atoms with Gasteiger partial charge >= 0.3 is 0 Å². The second kappa shape index (κ2) is 8.12. The second-order valence-corrected chi connectivity index (χ2v) is 10.5. The van der Waals surface area contributed by atoms with Gasteiger partial charge in [-0.05, 0) is 73.2 Å². The maximum Gasteiger partial charge on any atom is 0.222 e. The summed E-state index contributed by atoms with van der Waals surface area (Å²) in [4.78, 5) is 15.5. The molecule has 3 unspecified atom stereocenters. The van der Waals surface area contributed by atoms with Gasteiger partial charge in [0.15, 0.2) is 0 Å². The van der Waals surface area contributed by atoms with Gasteiger partial charge in [0, 0.05) is 19.4 Å². The Labute approximate surface area is 201 Å². The van der Waals surface area contributed by atoms with Crippen LogP contribution in [0.4, 0.5) is 0 Å². The molecule has 0 bridgehead atoms. The van der Waals surface area contributed by atoms with E-state index in [4.69, 9.17) is 20.3 Å². The Kier molecular flexibility index (Phi) is 5.17. The Balaban J connectivity index is 1.46. The highest BCUT2D eigenvalue weighted by molar-refractivity contribution is 5.79. The molecule has 0 saturated heterocycles. The number of aliphatic imine (C=N–C) groups is 2. The van der Waals surface area contributed by atoms with Crippen LogP contribution in [-0.2, 0) is 17.1 Å². The molecule has 178 valence electrons. The molecule has 0 aromatic heterocycles. The van der Waals surface area contributed by atoms with E-state index in [-0.39, 0.29) is 5.60 Å². The van der Waals surface area contributed by atoms with Crippen LogP contribution in [-0.4, -0.2) is 30.4 Å². The fourth-order valence-corrected chi connectivity index (χ4v) is 7.01. The Morgan fingerprint density at radius 2 is 1.94 bits per heavy atom. The van der Waals surface area contributed by atoms with E-state index in [2.05, 4.69) is 54.2 Å². The first-order chi connectivity index (χ1) is 16.5. The average molecular weight is 459 g/mol. The van der Waals surface area contributed by atoms with Gasteiger partial charge in [-0.3, -0.25) is 4.99 Å². The first kappa shape index (κ1) is 21.7. The molecule has 4 aliphatic rings. The molecule has 0 amide bonds. The number of rotatable bonds is 3. The molecule has 2 spiro atoms. The molecular weight excluding hydrogens is 424 g/mol. The quantitative estimate of drug-likeness (QED) is 0.624. The summed E-state index contributed by atoms with van der Waals surface area (Å²) >= 11 is 0. The van der Waals surface area contributed by atoms with E-state index in [1.54, 1.807) is 5.06 Å². The molecule has 2 aliphatic heterocycles. The highest BCUT2D eigenvalue weighted by Gasteiger charge is 2.59. The molecule has 2 heterocycles. The zero-order chi connectivity index (χ0) is 23.3. The van der Waals surface area contributed by atoms with Gasteiger partial charge in [0.1, 0.15) is 11.4 Å². The maximum absolute atomic E-state index is 7.01. The fourth-order valence-electron chi connectivity index (χ4n) is 7.01. The number of hydrogen-bond acceptors (Lipinski definition) is 6. The SMILES string of the molecule is C=NCc1cccc(-c2ccc3c(c2)C2(C[C@@]4(CCCC5CCCCC54)O3)N=C(N)N(C)O2)c1. The van der Waals surface area contributed by atoms with Gasteiger partial charge in [0.2, 0.25) is 11.7 Å². The summed E-state index contributed by atoms with van der Waals surface area (Å²) in [6, 6.07) is 14.9. The van der Waals surface area contributed by atoms with Crippen LogP contribution in [0.15, 0.2) is 52.4 Å². The minimum atomic E-state index is -0.845. The summed E-state index contributed by atoms with van der Waals surface area (Å²) in [5.74, 6) is 2.59. The number of benzene rings is 2. The molecule has 34 heavy (non-hydrogen) atoms. The van der Waals surface area contributed by atoms with Crippen molar-refractivity contribution in [3.05, 3.63) is 53.6 Å². The summed E-state index contributed by atoms with van der Waals surface area (Å²) in [5.41, 5.74) is 9.54. The van der Waals surface area contributed by atoms with Crippen molar-refractivity contribution in [3.8, 4) is 16.9 Å². The van der Waals surface area contributed by atoms with Gasteiger partial charge in [-0.25, -0.2) is 14.9 Å². The van der Waals surface area contributed by atoms with Crippen molar-refractivity contribution < 1.29 is 9.57 Å². The lowest BCUT2D eigenvalue weighted by atomic mass is 9.60. The first-order valence-electron chi connectivity index (χ1n) is 12.7. The van der Waals surface area contributed by atoms with Gasteiger partial charge in [-0.15, -0.1) is 0 Å². The first-order valence-corrected chi connectivity index (χ1v) is 12.7. The van der Waals surface area contributed by atoms with Gasteiger partial charge in [-0.1, -0.05) is 43.5 Å². The van der Waals surface area contributed by atoms with Crippen LogP contribution >= 0.6 is 0 Å². The lowest BCUT2D eigenvalue weighted by Gasteiger charge is -2.54. The van der Waals surface area contributed by atoms with Crippen LogP contribution in [0.2, 0.25) is 0 Å². The molecule has 2 N–H and O–H groups in total. The minimum Gasteiger partial charge on any atom is -0.486 e. The van der Waals surface area contributed by atoms with E-state index in [1.807, 2.05) is 7.05 Å². The molecular formula is C28H34N4O2. The molecule has 6 heteroatoms. The number of guanidine groups is 1. The smallest absolute Gasteiger partial charge is 0.222 e. The number of hydroxylamine groups is 2. The van der Waals surface area contributed by atoms with Crippen LogP contribution in [0, 0.1) is 11.8 Å². The number of hydrogen-bond donors (Lipinski definition) is 1. The molecule has 4 atom stereocenters. The summed E-state index contributed by atoms with van der Waals surface area (Å²) < 4.78 is 7.01. The van der Waals surface area contributed by atoms with Crippen LogP contribution in [0.1, 0.15) is 62.5 Å². The number of nitrogens with zero attached hydrogens (tertiary/aromatic N) is 3.